The zero-order valence-electron chi connectivity index (χ0n) is 12.2. The Morgan fingerprint density at radius 2 is 2.05 bits per heavy atom. The van der Waals surface area contributed by atoms with Crippen LogP contribution in [0.25, 0.3) is 0 Å². The Morgan fingerprint density at radius 1 is 1.33 bits per heavy atom. The molecule has 0 heterocycles. The first-order valence-electron chi connectivity index (χ1n) is 6.83. The molecule has 0 aliphatic rings. The van der Waals surface area contributed by atoms with Crippen LogP contribution in [0, 0.1) is 0 Å². The van der Waals surface area contributed by atoms with Crippen molar-refractivity contribution in [3.05, 3.63) is 35.4 Å². The highest BCUT2D eigenvalue weighted by Crippen LogP contribution is 2.20. The molecule has 2 atom stereocenters. The highest BCUT2D eigenvalue weighted by Gasteiger charge is 2.19. The normalized spacial score (nSPS) is 13.3. The number of amides is 1. The second-order valence-corrected chi connectivity index (χ2v) is 4.63. The van der Waals surface area contributed by atoms with Crippen molar-refractivity contribution in [2.24, 2.45) is 0 Å². The molecular formula is C15H21NO5. The van der Waals surface area contributed by atoms with E-state index >= 15 is 0 Å². The maximum absolute atomic E-state index is 11.6. The van der Waals surface area contributed by atoms with E-state index in [0.29, 0.717) is 11.1 Å². The van der Waals surface area contributed by atoms with E-state index in [9.17, 15) is 19.8 Å². The molecule has 21 heavy (non-hydrogen) atoms. The Balaban J connectivity index is 2.68. The largest absolute Gasteiger partial charge is 0.462 e. The van der Waals surface area contributed by atoms with E-state index in [1.165, 1.54) is 13.0 Å². The van der Waals surface area contributed by atoms with E-state index in [-0.39, 0.29) is 25.5 Å². The molecular weight excluding hydrogens is 274 g/mol. The van der Waals surface area contributed by atoms with E-state index in [1.807, 2.05) is 0 Å². The average Bonchev–Trinajstić information content (AvgIpc) is 2.46. The monoisotopic (exact) mass is 295 g/mol. The number of aliphatic hydroxyl groups is 2. The molecule has 1 aromatic carbocycles. The average molecular weight is 295 g/mol. The molecule has 0 aliphatic heterocycles. The summed E-state index contributed by atoms with van der Waals surface area (Å²) in [6.45, 7) is 3.63. The summed E-state index contributed by atoms with van der Waals surface area (Å²) in [6.07, 6.45) is -1.95. The van der Waals surface area contributed by atoms with Crippen molar-refractivity contribution in [3.8, 4) is 0 Å². The van der Waals surface area contributed by atoms with Gasteiger partial charge in [0.1, 0.15) is 6.10 Å². The Morgan fingerprint density at radius 3 is 2.67 bits per heavy atom. The van der Waals surface area contributed by atoms with Crippen LogP contribution < -0.4 is 5.32 Å². The van der Waals surface area contributed by atoms with Crippen LogP contribution in [0.4, 0.5) is 0 Å². The van der Waals surface area contributed by atoms with Crippen LogP contribution in [-0.2, 0) is 9.53 Å². The summed E-state index contributed by atoms with van der Waals surface area (Å²) >= 11 is 0. The lowest BCUT2D eigenvalue weighted by molar-refractivity contribution is -0.119. The summed E-state index contributed by atoms with van der Waals surface area (Å²) < 4.78 is 4.88. The van der Waals surface area contributed by atoms with Crippen molar-refractivity contribution >= 4 is 11.9 Å². The minimum atomic E-state index is -1.13. The third kappa shape index (κ3) is 5.53. The molecule has 0 aliphatic carbocycles. The van der Waals surface area contributed by atoms with Gasteiger partial charge in [0.15, 0.2) is 0 Å². The van der Waals surface area contributed by atoms with Gasteiger partial charge >= 0.3 is 5.97 Å². The third-order valence-electron chi connectivity index (χ3n) is 2.92. The fourth-order valence-corrected chi connectivity index (χ4v) is 1.84. The Hall–Kier alpha value is -1.92. The zero-order valence-corrected chi connectivity index (χ0v) is 12.2. The number of carbonyl (C=O) groups is 2. The van der Waals surface area contributed by atoms with E-state index in [2.05, 4.69) is 5.32 Å². The van der Waals surface area contributed by atoms with Gasteiger partial charge in [0.2, 0.25) is 5.91 Å². The molecule has 2 unspecified atom stereocenters. The smallest absolute Gasteiger partial charge is 0.338 e. The van der Waals surface area contributed by atoms with Gasteiger partial charge in [0.25, 0.3) is 0 Å². The van der Waals surface area contributed by atoms with E-state index in [1.54, 1.807) is 25.1 Å². The number of benzene rings is 1. The quantitative estimate of drug-likeness (QED) is 0.646. The van der Waals surface area contributed by atoms with Crippen molar-refractivity contribution in [3.63, 3.8) is 0 Å². The predicted octanol–water partition coefficient (Wildman–Crippen LogP) is 0.784. The first-order valence-corrected chi connectivity index (χ1v) is 6.83. The second kappa shape index (κ2) is 8.39. The SMILES string of the molecule is CCOC(=O)c1cccc(C(O)C(O)CCNC(C)=O)c1. The Kier molecular flexibility index (Phi) is 6.84. The number of carbonyl (C=O) groups excluding carboxylic acids is 2. The standard InChI is InChI=1S/C15H21NO5/c1-3-21-15(20)12-6-4-5-11(9-12)14(19)13(18)7-8-16-10(2)17/h4-6,9,13-14,18-19H,3,7-8H2,1-2H3,(H,16,17). The number of hydrogen-bond donors (Lipinski definition) is 3. The van der Waals surface area contributed by atoms with Crippen molar-refractivity contribution in [2.75, 3.05) is 13.2 Å². The van der Waals surface area contributed by atoms with Crippen LogP contribution in [-0.4, -0.2) is 41.3 Å². The van der Waals surface area contributed by atoms with Crippen molar-refractivity contribution in [1.29, 1.82) is 0 Å². The zero-order chi connectivity index (χ0) is 15.8. The lowest BCUT2D eigenvalue weighted by atomic mass is 10.00. The topological polar surface area (TPSA) is 95.9 Å². The summed E-state index contributed by atoms with van der Waals surface area (Å²) in [6, 6.07) is 6.31. The van der Waals surface area contributed by atoms with Gasteiger partial charge in [0, 0.05) is 13.5 Å². The summed E-state index contributed by atoms with van der Waals surface area (Å²) in [5, 5.41) is 22.5. The fraction of sp³-hybridized carbons (Fsp3) is 0.467. The molecule has 0 saturated heterocycles. The Labute approximate surface area is 123 Å². The summed E-state index contributed by atoms with van der Waals surface area (Å²) in [5.74, 6) is -0.666. The molecule has 6 nitrogen and oxygen atoms in total. The summed E-state index contributed by atoms with van der Waals surface area (Å²) in [4.78, 5) is 22.4. The van der Waals surface area contributed by atoms with E-state index in [4.69, 9.17) is 4.74 Å². The van der Waals surface area contributed by atoms with Gasteiger partial charge in [-0.15, -0.1) is 0 Å². The van der Waals surface area contributed by atoms with Gasteiger partial charge in [-0.2, -0.15) is 0 Å². The fourth-order valence-electron chi connectivity index (χ4n) is 1.84. The first kappa shape index (κ1) is 17.1. The second-order valence-electron chi connectivity index (χ2n) is 4.63. The summed E-state index contributed by atoms with van der Waals surface area (Å²) in [5.41, 5.74) is 0.748. The van der Waals surface area contributed by atoms with Crippen LogP contribution in [0.3, 0.4) is 0 Å². The number of ether oxygens (including phenoxy) is 1. The first-order chi connectivity index (χ1) is 9.95. The third-order valence-corrected chi connectivity index (χ3v) is 2.92. The van der Waals surface area contributed by atoms with Gasteiger partial charge in [-0.1, -0.05) is 12.1 Å². The molecule has 1 amide bonds. The lowest BCUT2D eigenvalue weighted by Crippen LogP contribution is -2.27. The number of hydrogen-bond acceptors (Lipinski definition) is 5. The molecule has 0 spiro atoms. The molecule has 0 bridgehead atoms. The van der Waals surface area contributed by atoms with Crippen molar-refractivity contribution < 1.29 is 24.5 Å². The molecule has 0 saturated carbocycles. The molecule has 116 valence electrons. The molecule has 0 aromatic heterocycles. The van der Waals surface area contributed by atoms with Crippen LogP contribution >= 0.6 is 0 Å². The van der Waals surface area contributed by atoms with Crippen molar-refractivity contribution in [2.45, 2.75) is 32.5 Å². The number of esters is 1. The van der Waals surface area contributed by atoms with Gasteiger partial charge in [-0.25, -0.2) is 4.79 Å². The molecule has 0 fully saturated rings. The minimum Gasteiger partial charge on any atom is -0.462 e. The predicted molar refractivity (Wildman–Crippen MR) is 76.7 cm³/mol. The van der Waals surface area contributed by atoms with E-state index < -0.39 is 18.2 Å². The highest BCUT2D eigenvalue weighted by atomic mass is 16.5. The Bertz CT molecular complexity index is 489. The van der Waals surface area contributed by atoms with Crippen LogP contribution in [0.1, 0.15) is 42.3 Å². The number of nitrogens with one attached hydrogen (secondary N) is 1. The van der Waals surface area contributed by atoms with Gasteiger partial charge < -0.3 is 20.3 Å². The van der Waals surface area contributed by atoms with Gasteiger partial charge in [-0.3, -0.25) is 4.79 Å². The molecule has 3 N–H and O–H groups in total. The summed E-state index contributed by atoms with van der Waals surface area (Å²) in [7, 11) is 0. The maximum Gasteiger partial charge on any atom is 0.338 e. The van der Waals surface area contributed by atoms with Crippen LogP contribution in [0.15, 0.2) is 24.3 Å². The number of aliphatic hydroxyl groups excluding tert-OH is 2. The molecule has 1 aromatic rings. The minimum absolute atomic E-state index is 0.194. The van der Waals surface area contributed by atoms with Crippen LogP contribution in [0.2, 0.25) is 0 Å². The number of rotatable bonds is 7. The van der Waals surface area contributed by atoms with Crippen molar-refractivity contribution in [1.82, 2.24) is 5.32 Å². The molecule has 1 rings (SSSR count). The van der Waals surface area contributed by atoms with Gasteiger partial charge in [-0.05, 0) is 31.0 Å². The van der Waals surface area contributed by atoms with Gasteiger partial charge in [0.05, 0.1) is 18.3 Å². The lowest BCUT2D eigenvalue weighted by Gasteiger charge is -2.18. The highest BCUT2D eigenvalue weighted by molar-refractivity contribution is 5.89. The van der Waals surface area contributed by atoms with Crippen LogP contribution in [0.5, 0.6) is 0 Å². The van der Waals surface area contributed by atoms with E-state index in [0.717, 1.165) is 0 Å². The molecule has 0 radical (unpaired) electrons. The molecule has 6 heteroatoms. The maximum atomic E-state index is 11.6.